The number of hydrogen-bond acceptors (Lipinski definition) is 6. The van der Waals surface area contributed by atoms with Crippen LogP contribution in [0.15, 0.2) is 125 Å². The maximum atomic E-state index is 12.8. The second kappa shape index (κ2) is 13.7. The number of methoxy groups -OCH3 is 1. The molecule has 0 N–H and O–H groups in total. The predicted octanol–water partition coefficient (Wildman–Crippen LogP) is 8.40. The number of para-hydroxylation sites is 1. The minimum atomic E-state index is -0.643. The van der Waals surface area contributed by atoms with E-state index in [0.29, 0.717) is 23.1 Å². The zero-order chi connectivity index (χ0) is 30.5. The van der Waals surface area contributed by atoms with Gasteiger partial charge in [0.2, 0.25) is 0 Å². The summed E-state index contributed by atoms with van der Waals surface area (Å²) in [5, 5.41) is 2.37. The molecule has 44 heavy (non-hydrogen) atoms. The molecule has 2 fully saturated rings. The lowest BCUT2D eigenvalue weighted by Crippen LogP contribution is -2.60. The van der Waals surface area contributed by atoms with Crippen molar-refractivity contribution < 1.29 is 9.53 Å². The van der Waals surface area contributed by atoms with Gasteiger partial charge in [-0.1, -0.05) is 108 Å². The molecule has 0 saturated carbocycles. The van der Waals surface area contributed by atoms with Crippen LogP contribution in [0.2, 0.25) is 10.0 Å². The van der Waals surface area contributed by atoms with Crippen LogP contribution in [-0.2, 0) is 29.0 Å². The van der Waals surface area contributed by atoms with Gasteiger partial charge >= 0.3 is 5.97 Å². The number of rotatable bonds is 8. The highest BCUT2D eigenvalue weighted by molar-refractivity contribution is 8.18. The van der Waals surface area contributed by atoms with Crippen molar-refractivity contribution in [2.24, 2.45) is 10.9 Å². The highest BCUT2D eigenvalue weighted by Crippen LogP contribution is 2.55. The van der Waals surface area contributed by atoms with Crippen LogP contribution in [0.3, 0.4) is 0 Å². The molecule has 0 amide bonds. The van der Waals surface area contributed by atoms with E-state index in [0.717, 1.165) is 46.3 Å². The van der Waals surface area contributed by atoms with Crippen molar-refractivity contribution in [1.82, 2.24) is 9.80 Å². The maximum absolute atomic E-state index is 12.8. The third kappa shape index (κ3) is 6.51. The maximum Gasteiger partial charge on any atom is 0.331 e. The number of carbonyl (C=O) groups excluding carboxylic acids is 1. The zero-order valence-electron chi connectivity index (χ0n) is 24.4. The van der Waals surface area contributed by atoms with Gasteiger partial charge in [0, 0.05) is 53.1 Å². The van der Waals surface area contributed by atoms with Crippen LogP contribution < -0.4 is 0 Å². The van der Waals surface area contributed by atoms with Gasteiger partial charge in [-0.3, -0.25) is 9.80 Å². The van der Waals surface area contributed by atoms with Crippen molar-refractivity contribution in [3.63, 3.8) is 0 Å². The lowest BCUT2D eigenvalue weighted by atomic mass is 9.84. The number of ether oxygens (including phenoxy) is 1. The molecule has 1 atom stereocenters. The molecule has 2 heterocycles. The van der Waals surface area contributed by atoms with Gasteiger partial charge in [-0.25, -0.2) is 9.79 Å². The number of esters is 1. The number of carbonyl (C=O) groups is 1. The first-order valence-corrected chi connectivity index (χ1v) is 16.2. The van der Waals surface area contributed by atoms with Crippen molar-refractivity contribution >= 4 is 51.7 Å². The van der Waals surface area contributed by atoms with Crippen LogP contribution >= 0.6 is 35.0 Å². The Bertz CT molecular complexity index is 1590. The van der Waals surface area contributed by atoms with Gasteiger partial charge in [0.05, 0.1) is 12.8 Å². The molecular weight excluding hydrogens is 609 g/mol. The van der Waals surface area contributed by atoms with E-state index < -0.39 is 5.66 Å². The SMILES string of the molecule is COC(=O)/C=C1\SC(=Nc2ccccc2)C2(C1Cc1ccccc1)N(Cc1ccc(Cl)cc1)CCN2Cc1ccc(Cl)cc1. The van der Waals surface area contributed by atoms with Gasteiger partial charge in [-0.2, -0.15) is 0 Å². The van der Waals surface area contributed by atoms with Crippen molar-refractivity contribution in [2.45, 2.75) is 25.2 Å². The van der Waals surface area contributed by atoms with Crippen LogP contribution in [0.5, 0.6) is 0 Å². The monoisotopic (exact) mass is 641 g/mol. The van der Waals surface area contributed by atoms with E-state index in [-0.39, 0.29) is 11.9 Å². The molecule has 2 aliphatic heterocycles. The van der Waals surface area contributed by atoms with Gasteiger partial charge in [0.1, 0.15) is 10.7 Å². The summed E-state index contributed by atoms with van der Waals surface area (Å²) >= 11 is 14.1. The average molecular weight is 643 g/mol. The van der Waals surface area contributed by atoms with Crippen molar-refractivity contribution in [3.8, 4) is 0 Å². The van der Waals surface area contributed by atoms with E-state index in [4.69, 9.17) is 32.9 Å². The Morgan fingerprint density at radius 2 is 1.34 bits per heavy atom. The summed E-state index contributed by atoms with van der Waals surface area (Å²) in [6.07, 6.45) is 2.38. The fraction of sp³-hybridized carbons (Fsp3) is 0.222. The van der Waals surface area contributed by atoms with E-state index in [1.54, 1.807) is 17.8 Å². The highest BCUT2D eigenvalue weighted by atomic mass is 35.5. The normalized spacial score (nSPS) is 20.1. The Balaban J connectivity index is 1.56. The van der Waals surface area contributed by atoms with Crippen molar-refractivity contribution in [2.75, 3.05) is 20.2 Å². The summed E-state index contributed by atoms with van der Waals surface area (Å²) in [7, 11) is 1.43. The Hall–Kier alpha value is -3.39. The minimum Gasteiger partial charge on any atom is -0.466 e. The Labute approximate surface area is 273 Å². The molecule has 224 valence electrons. The lowest BCUT2D eigenvalue weighted by molar-refractivity contribution is -0.134. The molecule has 0 aromatic heterocycles. The molecular formula is C36H33Cl2N3O2S. The molecule has 4 aromatic carbocycles. The number of nitrogens with zero attached hydrogens (tertiary/aromatic N) is 3. The highest BCUT2D eigenvalue weighted by Gasteiger charge is 2.61. The quantitative estimate of drug-likeness (QED) is 0.143. The lowest BCUT2D eigenvalue weighted by Gasteiger charge is -2.45. The molecule has 2 aliphatic rings. The number of benzene rings is 4. The third-order valence-corrected chi connectivity index (χ3v) is 9.99. The van der Waals surface area contributed by atoms with Gasteiger partial charge in [0.25, 0.3) is 0 Å². The molecule has 0 bridgehead atoms. The Morgan fingerprint density at radius 3 is 1.86 bits per heavy atom. The summed E-state index contributed by atoms with van der Waals surface area (Å²) in [4.78, 5) is 24.2. The van der Waals surface area contributed by atoms with E-state index in [1.807, 2.05) is 60.7 Å². The molecule has 8 heteroatoms. The van der Waals surface area contributed by atoms with Crippen LogP contribution in [0, 0.1) is 5.92 Å². The fourth-order valence-electron chi connectivity index (χ4n) is 6.24. The first-order chi connectivity index (χ1) is 21.4. The molecule has 1 spiro atoms. The van der Waals surface area contributed by atoms with Gasteiger partial charge < -0.3 is 4.74 Å². The predicted molar refractivity (Wildman–Crippen MR) is 181 cm³/mol. The topological polar surface area (TPSA) is 45.1 Å². The van der Waals surface area contributed by atoms with E-state index >= 15 is 0 Å². The largest absolute Gasteiger partial charge is 0.466 e. The summed E-state index contributed by atoms with van der Waals surface area (Å²) in [5.41, 5.74) is 3.75. The first-order valence-electron chi connectivity index (χ1n) is 14.6. The smallest absolute Gasteiger partial charge is 0.331 e. The molecule has 4 aromatic rings. The van der Waals surface area contributed by atoms with Gasteiger partial charge in [0.15, 0.2) is 0 Å². The number of thioether (sulfide) groups is 1. The second-order valence-corrected chi connectivity index (χ2v) is 12.9. The Morgan fingerprint density at radius 1 is 0.818 bits per heavy atom. The van der Waals surface area contributed by atoms with E-state index in [9.17, 15) is 4.79 Å². The summed E-state index contributed by atoms with van der Waals surface area (Å²) in [5.74, 6) is -0.466. The van der Waals surface area contributed by atoms with E-state index in [2.05, 4.69) is 58.3 Å². The second-order valence-electron chi connectivity index (χ2n) is 11.0. The molecule has 2 saturated heterocycles. The van der Waals surface area contributed by atoms with Gasteiger partial charge in [-0.05, 0) is 59.5 Å². The summed E-state index contributed by atoms with van der Waals surface area (Å²) in [6.45, 7) is 3.03. The standard InChI is InChI=1S/C36H33Cl2N3O2S/c1-43-34(42)23-33-32(22-26-8-4-2-5-9-26)36(35(44-33)39-31-10-6-3-7-11-31)40(24-27-12-16-29(37)17-13-27)20-21-41(36)25-28-14-18-30(38)19-15-28/h2-19,23,32H,20-22,24-25H2,1H3/b33-23-,39-35?. The molecule has 5 nitrogen and oxygen atoms in total. The molecule has 6 rings (SSSR count). The van der Waals surface area contributed by atoms with E-state index in [1.165, 1.54) is 12.7 Å². The first kappa shape index (κ1) is 30.6. The fourth-order valence-corrected chi connectivity index (χ4v) is 7.96. The number of halogens is 2. The summed E-state index contributed by atoms with van der Waals surface area (Å²) < 4.78 is 5.16. The third-order valence-electron chi connectivity index (χ3n) is 8.27. The number of hydrogen-bond donors (Lipinski definition) is 0. The molecule has 0 radical (unpaired) electrons. The Kier molecular flexibility index (Phi) is 9.55. The average Bonchev–Trinajstić information content (AvgIpc) is 3.53. The number of aliphatic imine (C=N–C) groups is 1. The summed E-state index contributed by atoms with van der Waals surface area (Å²) in [6, 6.07) is 36.7. The molecule has 1 unspecified atom stereocenters. The molecule has 0 aliphatic carbocycles. The van der Waals surface area contributed by atoms with Crippen LogP contribution in [0.4, 0.5) is 5.69 Å². The van der Waals surface area contributed by atoms with Crippen molar-refractivity contribution in [1.29, 1.82) is 0 Å². The van der Waals surface area contributed by atoms with Crippen LogP contribution in [0.1, 0.15) is 16.7 Å². The van der Waals surface area contributed by atoms with Gasteiger partial charge in [-0.15, -0.1) is 0 Å². The zero-order valence-corrected chi connectivity index (χ0v) is 26.7. The minimum absolute atomic E-state index is 0.0986. The van der Waals surface area contributed by atoms with Crippen molar-refractivity contribution in [3.05, 3.63) is 147 Å². The van der Waals surface area contributed by atoms with Crippen LogP contribution in [0.25, 0.3) is 0 Å². The van der Waals surface area contributed by atoms with Crippen LogP contribution in [-0.4, -0.2) is 46.7 Å².